The van der Waals surface area contributed by atoms with Gasteiger partial charge in [0.05, 0.1) is 6.04 Å². The smallest absolute Gasteiger partial charge is 0.329 e. The van der Waals surface area contributed by atoms with E-state index in [1.165, 1.54) is 4.90 Å². The van der Waals surface area contributed by atoms with E-state index in [2.05, 4.69) is 0 Å². The molecule has 2 atom stereocenters. The molecule has 1 fully saturated rings. The Morgan fingerprint density at radius 1 is 1.44 bits per heavy atom. The first-order valence-corrected chi connectivity index (χ1v) is 6.65. The minimum atomic E-state index is -1.04. The Bertz CT molecular complexity index is 330. The maximum atomic E-state index is 12.3. The van der Waals surface area contributed by atoms with Gasteiger partial charge in [-0.15, -0.1) is 0 Å². The molecule has 3 N–H and O–H groups in total. The van der Waals surface area contributed by atoms with Gasteiger partial charge in [-0.2, -0.15) is 0 Å². The summed E-state index contributed by atoms with van der Waals surface area (Å²) < 4.78 is 0. The topological polar surface area (TPSA) is 83.6 Å². The summed E-state index contributed by atoms with van der Waals surface area (Å²) in [5.74, 6) is -0.801. The molecule has 1 heterocycles. The van der Waals surface area contributed by atoms with E-state index in [-0.39, 0.29) is 5.91 Å². The van der Waals surface area contributed by atoms with Gasteiger partial charge in [0.1, 0.15) is 5.54 Å². The number of amides is 1. The quantitative estimate of drug-likeness (QED) is 0.774. The average molecular weight is 256 g/mol. The van der Waals surface area contributed by atoms with Crippen LogP contribution in [0.3, 0.4) is 0 Å². The van der Waals surface area contributed by atoms with Crippen molar-refractivity contribution in [2.75, 3.05) is 6.54 Å². The van der Waals surface area contributed by atoms with E-state index in [0.29, 0.717) is 31.7 Å². The number of carbonyl (C=O) groups excluding carboxylic acids is 1. The third kappa shape index (κ3) is 2.66. The highest BCUT2D eigenvalue weighted by atomic mass is 16.4. The van der Waals surface area contributed by atoms with Gasteiger partial charge in [0, 0.05) is 6.54 Å². The van der Waals surface area contributed by atoms with Crippen LogP contribution in [0.25, 0.3) is 0 Å². The van der Waals surface area contributed by atoms with Crippen molar-refractivity contribution >= 4 is 11.9 Å². The van der Waals surface area contributed by atoms with Crippen molar-refractivity contribution in [3.8, 4) is 0 Å². The molecule has 1 saturated heterocycles. The molecule has 0 spiro atoms. The van der Waals surface area contributed by atoms with Crippen LogP contribution in [0.5, 0.6) is 0 Å². The van der Waals surface area contributed by atoms with E-state index in [4.69, 9.17) is 5.73 Å². The third-order valence-electron chi connectivity index (χ3n) is 3.78. The van der Waals surface area contributed by atoms with E-state index in [1.807, 2.05) is 20.8 Å². The number of carbonyl (C=O) groups is 2. The van der Waals surface area contributed by atoms with Crippen LogP contribution in [-0.2, 0) is 9.59 Å². The van der Waals surface area contributed by atoms with Crippen molar-refractivity contribution in [2.45, 2.75) is 58.0 Å². The van der Waals surface area contributed by atoms with Crippen molar-refractivity contribution in [1.29, 1.82) is 0 Å². The zero-order chi connectivity index (χ0) is 13.9. The Hall–Kier alpha value is -1.10. The lowest BCUT2D eigenvalue weighted by atomic mass is 9.92. The molecule has 0 radical (unpaired) electrons. The highest BCUT2D eigenvalue weighted by Gasteiger charge is 2.49. The molecular formula is C13H24N2O3. The van der Waals surface area contributed by atoms with Crippen LogP contribution >= 0.6 is 0 Å². The number of carboxylic acid groups (broad SMARTS) is 1. The summed E-state index contributed by atoms with van der Waals surface area (Å²) in [7, 11) is 0. The molecule has 1 rings (SSSR count). The van der Waals surface area contributed by atoms with E-state index in [9.17, 15) is 14.7 Å². The number of hydrogen-bond donors (Lipinski definition) is 2. The Labute approximate surface area is 108 Å². The lowest BCUT2D eigenvalue weighted by Gasteiger charge is -2.35. The standard InChI is InChI=1S/C13H24N2O3/c1-4-13(12(17)18)6-5-7-15(13)11(16)10(14)8-9(2)3/h9-10H,4-8,14H2,1-3H3,(H,17,18)/t10-,13?/m1/s1. The number of nitrogens with two attached hydrogens (primary N) is 1. The monoisotopic (exact) mass is 256 g/mol. The highest BCUT2D eigenvalue weighted by molar-refractivity contribution is 5.90. The molecule has 0 aromatic heterocycles. The number of hydrogen-bond acceptors (Lipinski definition) is 3. The molecule has 0 saturated carbocycles. The molecule has 1 amide bonds. The van der Waals surface area contributed by atoms with Crippen LogP contribution in [0.2, 0.25) is 0 Å². The molecule has 18 heavy (non-hydrogen) atoms. The largest absolute Gasteiger partial charge is 0.479 e. The Kier molecular flexibility index (Phi) is 4.73. The zero-order valence-corrected chi connectivity index (χ0v) is 11.5. The van der Waals surface area contributed by atoms with Gasteiger partial charge >= 0.3 is 5.97 Å². The van der Waals surface area contributed by atoms with Gasteiger partial charge in [-0.25, -0.2) is 4.79 Å². The van der Waals surface area contributed by atoms with Gasteiger partial charge in [-0.3, -0.25) is 4.79 Å². The van der Waals surface area contributed by atoms with E-state index in [1.54, 1.807) is 0 Å². The maximum Gasteiger partial charge on any atom is 0.329 e. The van der Waals surface area contributed by atoms with E-state index >= 15 is 0 Å². The number of aliphatic carboxylic acids is 1. The van der Waals surface area contributed by atoms with Crippen LogP contribution in [0.15, 0.2) is 0 Å². The fourth-order valence-electron chi connectivity index (χ4n) is 2.75. The first-order chi connectivity index (χ1) is 8.35. The third-order valence-corrected chi connectivity index (χ3v) is 3.78. The normalized spacial score (nSPS) is 25.5. The van der Waals surface area contributed by atoms with Gasteiger partial charge < -0.3 is 15.7 Å². The Morgan fingerprint density at radius 3 is 2.50 bits per heavy atom. The number of rotatable bonds is 5. The Balaban J connectivity index is 2.87. The zero-order valence-electron chi connectivity index (χ0n) is 11.5. The highest BCUT2D eigenvalue weighted by Crippen LogP contribution is 2.33. The van der Waals surface area contributed by atoms with Crippen molar-refractivity contribution in [2.24, 2.45) is 11.7 Å². The van der Waals surface area contributed by atoms with Gasteiger partial charge in [0.2, 0.25) is 5.91 Å². The molecule has 0 bridgehead atoms. The first kappa shape index (κ1) is 15.0. The maximum absolute atomic E-state index is 12.3. The molecule has 104 valence electrons. The lowest BCUT2D eigenvalue weighted by Crippen LogP contribution is -2.57. The molecule has 1 aliphatic heterocycles. The van der Waals surface area contributed by atoms with E-state index < -0.39 is 17.6 Å². The summed E-state index contributed by atoms with van der Waals surface area (Å²) in [6.45, 7) is 6.32. The molecule has 5 heteroatoms. The fourth-order valence-corrected chi connectivity index (χ4v) is 2.75. The van der Waals surface area contributed by atoms with Crippen LogP contribution < -0.4 is 5.73 Å². The molecule has 0 aliphatic carbocycles. The van der Waals surface area contributed by atoms with Gasteiger partial charge in [-0.05, 0) is 31.6 Å². The van der Waals surface area contributed by atoms with Crippen molar-refractivity contribution in [3.63, 3.8) is 0 Å². The molecule has 1 unspecified atom stereocenters. The van der Waals surface area contributed by atoms with Crippen LogP contribution in [-0.4, -0.2) is 40.0 Å². The second kappa shape index (κ2) is 5.69. The van der Waals surface area contributed by atoms with E-state index in [0.717, 1.165) is 6.42 Å². The lowest BCUT2D eigenvalue weighted by molar-refractivity contribution is -0.157. The number of carboxylic acids is 1. The summed E-state index contributed by atoms with van der Waals surface area (Å²) in [5.41, 5.74) is 4.85. The fraction of sp³-hybridized carbons (Fsp3) is 0.846. The average Bonchev–Trinajstić information content (AvgIpc) is 2.71. The second-order valence-electron chi connectivity index (χ2n) is 5.52. The minimum absolute atomic E-state index is 0.217. The van der Waals surface area contributed by atoms with Gasteiger partial charge in [-0.1, -0.05) is 20.8 Å². The predicted molar refractivity (Wildman–Crippen MR) is 69.0 cm³/mol. The first-order valence-electron chi connectivity index (χ1n) is 6.65. The second-order valence-corrected chi connectivity index (χ2v) is 5.52. The van der Waals surface area contributed by atoms with Crippen molar-refractivity contribution < 1.29 is 14.7 Å². The molecule has 1 aliphatic rings. The summed E-state index contributed by atoms with van der Waals surface area (Å²) in [5, 5.41) is 9.41. The Morgan fingerprint density at radius 2 is 2.06 bits per heavy atom. The molecule has 5 nitrogen and oxygen atoms in total. The minimum Gasteiger partial charge on any atom is -0.479 e. The summed E-state index contributed by atoms with van der Waals surface area (Å²) >= 11 is 0. The van der Waals surface area contributed by atoms with Crippen LogP contribution in [0.1, 0.15) is 46.5 Å². The van der Waals surface area contributed by atoms with Crippen LogP contribution in [0, 0.1) is 5.92 Å². The number of nitrogens with zero attached hydrogens (tertiary/aromatic N) is 1. The van der Waals surface area contributed by atoms with Gasteiger partial charge in [0.15, 0.2) is 0 Å². The molecule has 0 aromatic carbocycles. The summed E-state index contributed by atoms with van der Waals surface area (Å²) in [4.78, 5) is 25.3. The van der Waals surface area contributed by atoms with Crippen LogP contribution in [0.4, 0.5) is 0 Å². The number of likely N-dealkylation sites (tertiary alicyclic amines) is 1. The van der Waals surface area contributed by atoms with Gasteiger partial charge in [0.25, 0.3) is 0 Å². The molecule has 0 aromatic rings. The SMILES string of the molecule is CCC1(C(=O)O)CCCN1C(=O)[C@H](N)CC(C)C. The van der Waals surface area contributed by atoms with Crippen molar-refractivity contribution in [3.05, 3.63) is 0 Å². The van der Waals surface area contributed by atoms with Crippen molar-refractivity contribution in [1.82, 2.24) is 4.90 Å². The summed E-state index contributed by atoms with van der Waals surface area (Å²) in [6.07, 6.45) is 2.29. The predicted octanol–water partition coefficient (Wildman–Crippen LogP) is 1.22. The molecular weight excluding hydrogens is 232 g/mol. The summed E-state index contributed by atoms with van der Waals surface area (Å²) in [6, 6.07) is -0.589.